The highest BCUT2D eigenvalue weighted by molar-refractivity contribution is 7.12. The number of hydrogen-bond acceptors (Lipinski definition) is 7. The molecule has 0 saturated heterocycles. The predicted octanol–water partition coefficient (Wildman–Crippen LogP) is 9.53. The summed E-state index contributed by atoms with van der Waals surface area (Å²) in [6.07, 6.45) is 11.6. The highest BCUT2D eigenvalue weighted by Crippen LogP contribution is 2.30. The van der Waals surface area contributed by atoms with Crippen molar-refractivity contribution in [3.8, 4) is 11.3 Å². The van der Waals surface area contributed by atoms with Crippen LogP contribution in [0.1, 0.15) is 95.8 Å². The lowest BCUT2D eigenvalue weighted by Crippen LogP contribution is -2.10. The molecular weight excluding hydrogens is 539 g/mol. The molecule has 7 heteroatoms. The van der Waals surface area contributed by atoms with Gasteiger partial charge in [-0.2, -0.15) is 0 Å². The first-order valence-electron chi connectivity index (χ1n) is 14.2. The van der Waals surface area contributed by atoms with Crippen molar-refractivity contribution in [3.63, 3.8) is 0 Å². The second-order valence-corrected chi connectivity index (χ2v) is 11.5. The van der Waals surface area contributed by atoms with Gasteiger partial charge < -0.3 is 9.47 Å². The molecule has 0 aliphatic rings. The van der Waals surface area contributed by atoms with Crippen LogP contribution in [-0.2, 0) is 22.3 Å². The van der Waals surface area contributed by atoms with Gasteiger partial charge in [-0.3, -0.25) is 0 Å². The average molecular weight is 580 g/mol. The Kier molecular flexibility index (Phi) is 13.3. The Hall–Kier alpha value is -3.03. The van der Waals surface area contributed by atoms with E-state index in [-0.39, 0.29) is 0 Å². The molecule has 0 atom stereocenters. The topological polar surface area (TPSA) is 65.5 Å². The van der Waals surface area contributed by atoms with Crippen LogP contribution in [0, 0.1) is 0 Å². The van der Waals surface area contributed by atoms with Gasteiger partial charge in [-0.05, 0) is 47.4 Å². The Morgan fingerprint density at radius 3 is 2.12 bits per heavy atom. The van der Waals surface area contributed by atoms with Crippen molar-refractivity contribution in [2.75, 3.05) is 14.2 Å². The highest BCUT2D eigenvalue weighted by atomic mass is 32.1. The van der Waals surface area contributed by atoms with Crippen LogP contribution in [-0.4, -0.2) is 31.1 Å². The molecule has 4 rings (SSSR count). The fourth-order valence-corrected chi connectivity index (χ4v) is 6.44. The highest BCUT2D eigenvalue weighted by Gasteiger charge is 2.24. The van der Waals surface area contributed by atoms with Crippen LogP contribution in [0.15, 0.2) is 53.2 Å². The Morgan fingerprint density at radius 1 is 0.750 bits per heavy atom. The Bertz CT molecular complexity index is 1350. The quantitative estimate of drug-likeness (QED) is 0.117. The molecule has 0 aliphatic carbocycles. The zero-order chi connectivity index (χ0) is 28.7. The van der Waals surface area contributed by atoms with Gasteiger partial charge in [0.2, 0.25) is 0 Å². The molecule has 5 nitrogen and oxygen atoms in total. The Labute approximate surface area is 246 Å². The number of nitrogens with zero attached hydrogens (tertiary/aromatic N) is 1. The van der Waals surface area contributed by atoms with E-state index in [1.54, 1.807) is 11.3 Å². The molecule has 0 unspecified atom stereocenters. The number of carbonyl (C=O) groups excluding carboxylic acids is 2. The fraction of sp³-hybridized carbons (Fsp3) is 0.424. The van der Waals surface area contributed by atoms with E-state index in [1.165, 1.54) is 85.4 Å². The van der Waals surface area contributed by atoms with Crippen LogP contribution in [0.2, 0.25) is 0 Å². The normalized spacial score (nSPS) is 10.7. The van der Waals surface area contributed by atoms with Gasteiger partial charge in [-0.1, -0.05) is 94.8 Å². The molecule has 0 radical (unpaired) electrons. The molecule has 0 bridgehead atoms. The molecule has 0 spiro atoms. The zero-order valence-electron chi connectivity index (χ0n) is 24.2. The van der Waals surface area contributed by atoms with Crippen LogP contribution >= 0.6 is 22.7 Å². The van der Waals surface area contributed by atoms with Gasteiger partial charge in [-0.15, -0.1) is 22.7 Å². The van der Waals surface area contributed by atoms with Gasteiger partial charge in [0.1, 0.15) is 4.88 Å². The maximum atomic E-state index is 11.8. The molecule has 0 fully saturated rings. The molecule has 0 N–H and O–H groups in total. The number of benzene rings is 2. The molecule has 0 aliphatic heterocycles. The van der Waals surface area contributed by atoms with Crippen LogP contribution in [0.4, 0.5) is 0 Å². The SMILES string of the molecule is CCCCCCc1csc(C(=O)OC)c1C(=O)OC.CCCCCCc1nc(-c2cccc3ccccc23)cs1. The summed E-state index contributed by atoms with van der Waals surface area (Å²) in [5.41, 5.74) is 3.63. The molecule has 40 heavy (non-hydrogen) atoms. The third-order valence-electron chi connectivity index (χ3n) is 6.79. The number of hydrogen-bond donors (Lipinski definition) is 0. The van der Waals surface area contributed by atoms with Crippen LogP contribution < -0.4 is 0 Å². The van der Waals surface area contributed by atoms with Crippen molar-refractivity contribution in [3.05, 3.63) is 74.2 Å². The first-order valence-corrected chi connectivity index (χ1v) is 16.0. The van der Waals surface area contributed by atoms with E-state index in [4.69, 9.17) is 14.5 Å². The van der Waals surface area contributed by atoms with E-state index in [2.05, 4.69) is 61.7 Å². The van der Waals surface area contributed by atoms with Crippen molar-refractivity contribution in [1.29, 1.82) is 0 Å². The second-order valence-electron chi connectivity index (χ2n) is 9.72. The van der Waals surface area contributed by atoms with Crippen LogP contribution in [0.25, 0.3) is 22.0 Å². The number of ether oxygens (including phenoxy) is 2. The maximum Gasteiger partial charge on any atom is 0.348 e. The molecule has 0 amide bonds. The van der Waals surface area contributed by atoms with Crippen molar-refractivity contribution >= 4 is 45.4 Å². The standard InChI is InChI=1S/C19H21NS.C14H20O4S/c1-2-3-4-5-13-19-20-18(14-21-19)17-12-8-10-15-9-6-7-11-16(15)17;1-4-5-6-7-8-10-9-19-12(14(16)18-3)11(10)13(15)17-2/h6-12,14H,2-5,13H2,1H3;9H,4-8H2,1-3H3. The smallest absolute Gasteiger partial charge is 0.348 e. The lowest BCUT2D eigenvalue weighted by molar-refractivity contribution is 0.0559. The number of thiophene rings is 1. The summed E-state index contributed by atoms with van der Waals surface area (Å²) in [5.74, 6) is -0.947. The third-order valence-corrected chi connectivity index (χ3v) is 8.71. The Balaban J connectivity index is 0.000000222. The number of carbonyl (C=O) groups is 2. The lowest BCUT2D eigenvalue weighted by atomic mass is 10.0. The average Bonchev–Trinajstić information content (AvgIpc) is 3.64. The second kappa shape index (κ2) is 16.9. The van der Waals surface area contributed by atoms with Crippen molar-refractivity contribution in [2.45, 2.75) is 78.1 Å². The van der Waals surface area contributed by atoms with E-state index in [0.717, 1.165) is 36.9 Å². The van der Waals surface area contributed by atoms with E-state index in [9.17, 15) is 9.59 Å². The first-order chi connectivity index (χ1) is 19.5. The van der Waals surface area contributed by atoms with Gasteiger partial charge in [0.05, 0.1) is 30.5 Å². The molecule has 4 aromatic rings. The largest absolute Gasteiger partial charge is 0.465 e. The third kappa shape index (κ3) is 8.73. The molecule has 2 aromatic carbocycles. The molecular formula is C33H41NO4S2. The van der Waals surface area contributed by atoms with Gasteiger partial charge in [0.15, 0.2) is 0 Å². The summed E-state index contributed by atoms with van der Waals surface area (Å²) >= 11 is 3.04. The van der Waals surface area contributed by atoms with E-state index in [1.807, 2.05) is 5.38 Å². The van der Waals surface area contributed by atoms with Gasteiger partial charge in [0, 0.05) is 10.9 Å². The zero-order valence-corrected chi connectivity index (χ0v) is 25.8. The van der Waals surface area contributed by atoms with E-state index < -0.39 is 11.9 Å². The number of thiazole rings is 1. The van der Waals surface area contributed by atoms with Crippen molar-refractivity contribution < 1.29 is 19.1 Å². The minimum Gasteiger partial charge on any atom is -0.465 e. The minimum absolute atomic E-state index is 0.333. The van der Waals surface area contributed by atoms with Crippen molar-refractivity contribution in [1.82, 2.24) is 4.98 Å². The molecule has 0 saturated carbocycles. The molecule has 2 heterocycles. The Morgan fingerprint density at radius 2 is 1.43 bits per heavy atom. The molecule has 2 aromatic heterocycles. The summed E-state index contributed by atoms with van der Waals surface area (Å²) in [4.78, 5) is 28.6. The summed E-state index contributed by atoms with van der Waals surface area (Å²) in [7, 11) is 2.63. The van der Waals surface area contributed by atoms with Crippen LogP contribution in [0.5, 0.6) is 0 Å². The fourth-order valence-electron chi connectivity index (χ4n) is 4.59. The summed E-state index contributed by atoms with van der Waals surface area (Å²) in [6, 6.07) is 15.0. The number of aromatic nitrogens is 1. The first kappa shape index (κ1) is 31.5. The van der Waals surface area contributed by atoms with Gasteiger partial charge >= 0.3 is 11.9 Å². The lowest BCUT2D eigenvalue weighted by Gasteiger charge is -2.05. The number of methoxy groups -OCH3 is 2. The summed E-state index contributed by atoms with van der Waals surface area (Å²) < 4.78 is 9.45. The summed E-state index contributed by atoms with van der Waals surface area (Å²) in [5, 5.41) is 7.91. The number of rotatable bonds is 13. The minimum atomic E-state index is -0.481. The van der Waals surface area contributed by atoms with Crippen molar-refractivity contribution in [2.24, 2.45) is 0 Å². The van der Waals surface area contributed by atoms with E-state index in [0.29, 0.717) is 10.4 Å². The number of unbranched alkanes of at least 4 members (excludes halogenated alkanes) is 6. The number of esters is 2. The predicted molar refractivity (Wildman–Crippen MR) is 168 cm³/mol. The number of fused-ring (bicyclic) bond motifs is 1. The van der Waals surface area contributed by atoms with Gasteiger partial charge in [-0.25, -0.2) is 14.6 Å². The molecule has 214 valence electrons. The van der Waals surface area contributed by atoms with E-state index >= 15 is 0 Å². The van der Waals surface area contributed by atoms with Gasteiger partial charge in [0.25, 0.3) is 0 Å². The number of aryl methyl sites for hydroxylation is 2. The van der Waals surface area contributed by atoms with Crippen LogP contribution in [0.3, 0.4) is 0 Å². The summed E-state index contributed by atoms with van der Waals surface area (Å²) in [6.45, 7) is 4.40. The maximum absolute atomic E-state index is 11.8. The monoisotopic (exact) mass is 579 g/mol.